The number of carbonyl (C=O) groups excluding carboxylic acids is 2. The molecule has 1 saturated heterocycles. The molecule has 1 fully saturated rings. The third kappa shape index (κ3) is 3.57. The first-order valence-electron chi connectivity index (χ1n) is 6.78. The van der Waals surface area contributed by atoms with Crippen molar-refractivity contribution in [2.75, 3.05) is 18.0 Å². The van der Waals surface area contributed by atoms with Crippen molar-refractivity contribution < 1.29 is 14.7 Å². The Hall–Kier alpha value is -1.88. The second kappa shape index (κ2) is 5.63. The molecule has 0 saturated carbocycles. The molecule has 1 aromatic carbocycles. The summed E-state index contributed by atoms with van der Waals surface area (Å²) in [6, 6.07) is 7.00. The molecular weight excluding hydrogens is 256 g/mol. The van der Waals surface area contributed by atoms with Gasteiger partial charge in [0.2, 0.25) is 5.91 Å². The molecule has 2 N–H and O–H groups in total. The minimum absolute atomic E-state index is 0.0963. The van der Waals surface area contributed by atoms with E-state index in [0.29, 0.717) is 18.5 Å². The molecule has 1 heterocycles. The normalized spacial score (nSPS) is 15.6. The van der Waals surface area contributed by atoms with E-state index < -0.39 is 5.60 Å². The molecule has 2 rings (SSSR count). The van der Waals surface area contributed by atoms with Crippen LogP contribution in [0.15, 0.2) is 24.3 Å². The highest BCUT2D eigenvalue weighted by Gasteiger charge is 2.22. The summed E-state index contributed by atoms with van der Waals surface area (Å²) in [7, 11) is 0. The fourth-order valence-electron chi connectivity index (χ4n) is 2.13. The maximum absolute atomic E-state index is 12.0. The summed E-state index contributed by atoms with van der Waals surface area (Å²) < 4.78 is 0. The summed E-state index contributed by atoms with van der Waals surface area (Å²) in [4.78, 5) is 25.4. The van der Waals surface area contributed by atoms with E-state index in [1.807, 2.05) is 6.07 Å². The maximum Gasteiger partial charge on any atom is 0.251 e. The van der Waals surface area contributed by atoms with Gasteiger partial charge in [0.25, 0.3) is 5.91 Å². The summed E-state index contributed by atoms with van der Waals surface area (Å²) in [6.07, 6.45) is 1.42. The number of hydrogen-bond acceptors (Lipinski definition) is 3. The molecular formula is C15H20N2O3. The molecule has 5 nitrogen and oxygen atoms in total. The van der Waals surface area contributed by atoms with Crippen LogP contribution < -0.4 is 10.2 Å². The Morgan fingerprint density at radius 1 is 1.45 bits per heavy atom. The van der Waals surface area contributed by atoms with Crippen LogP contribution in [0.25, 0.3) is 0 Å². The summed E-state index contributed by atoms with van der Waals surface area (Å²) in [5, 5.41) is 12.3. The highest BCUT2D eigenvalue weighted by molar-refractivity contribution is 5.99. The maximum atomic E-state index is 12.0. The molecule has 0 aliphatic carbocycles. The van der Waals surface area contributed by atoms with Crippen molar-refractivity contribution in [3.05, 3.63) is 29.8 Å². The Labute approximate surface area is 118 Å². The van der Waals surface area contributed by atoms with Gasteiger partial charge in [-0.25, -0.2) is 0 Å². The molecule has 20 heavy (non-hydrogen) atoms. The monoisotopic (exact) mass is 276 g/mol. The van der Waals surface area contributed by atoms with Gasteiger partial charge in [0.1, 0.15) is 0 Å². The lowest BCUT2D eigenvalue weighted by molar-refractivity contribution is -0.117. The zero-order chi connectivity index (χ0) is 14.8. The average Bonchev–Trinajstić information content (AvgIpc) is 2.81. The van der Waals surface area contributed by atoms with Gasteiger partial charge in [-0.1, -0.05) is 6.07 Å². The standard InChI is InChI=1S/C15H20N2O3/c1-15(2,20)10-16-14(19)11-5-3-6-12(9-11)17-8-4-7-13(17)18/h3,5-6,9,20H,4,7-8,10H2,1-2H3,(H,16,19). The molecule has 0 bridgehead atoms. The molecule has 2 amide bonds. The van der Waals surface area contributed by atoms with Gasteiger partial charge >= 0.3 is 0 Å². The summed E-state index contributed by atoms with van der Waals surface area (Å²) in [5.74, 6) is -0.153. The van der Waals surface area contributed by atoms with Gasteiger partial charge in [0, 0.05) is 30.8 Å². The number of nitrogens with zero attached hydrogens (tertiary/aromatic N) is 1. The van der Waals surface area contributed by atoms with E-state index in [1.54, 1.807) is 36.9 Å². The van der Waals surface area contributed by atoms with Crippen molar-refractivity contribution in [3.8, 4) is 0 Å². The summed E-state index contributed by atoms with van der Waals surface area (Å²) in [5.41, 5.74) is 0.299. The van der Waals surface area contributed by atoms with Crippen molar-refractivity contribution in [1.29, 1.82) is 0 Å². The number of hydrogen-bond donors (Lipinski definition) is 2. The van der Waals surface area contributed by atoms with Crippen LogP contribution in [-0.2, 0) is 4.79 Å². The number of amides is 2. The molecule has 0 spiro atoms. The Morgan fingerprint density at radius 3 is 2.80 bits per heavy atom. The lowest BCUT2D eigenvalue weighted by atomic mass is 10.1. The third-order valence-electron chi connectivity index (χ3n) is 3.17. The Bertz CT molecular complexity index is 520. The third-order valence-corrected chi connectivity index (χ3v) is 3.17. The number of aliphatic hydroxyl groups is 1. The predicted molar refractivity (Wildman–Crippen MR) is 76.7 cm³/mol. The van der Waals surface area contributed by atoms with Crippen molar-refractivity contribution in [3.63, 3.8) is 0 Å². The molecule has 0 atom stereocenters. The first kappa shape index (κ1) is 14.5. The minimum Gasteiger partial charge on any atom is -0.389 e. The van der Waals surface area contributed by atoms with E-state index in [-0.39, 0.29) is 18.4 Å². The first-order valence-corrected chi connectivity index (χ1v) is 6.78. The Balaban J connectivity index is 2.09. The molecule has 5 heteroatoms. The second-order valence-electron chi connectivity index (χ2n) is 5.69. The van der Waals surface area contributed by atoms with Gasteiger partial charge in [-0.15, -0.1) is 0 Å². The fraction of sp³-hybridized carbons (Fsp3) is 0.467. The molecule has 0 aromatic heterocycles. The number of benzene rings is 1. The number of carbonyl (C=O) groups is 2. The smallest absolute Gasteiger partial charge is 0.251 e. The lowest BCUT2D eigenvalue weighted by Crippen LogP contribution is -2.38. The van der Waals surface area contributed by atoms with E-state index in [2.05, 4.69) is 5.32 Å². The van der Waals surface area contributed by atoms with Gasteiger partial charge in [-0.05, 0) is 38.5 Å². The largest absolute Gasteiger partial charge is 0.389 e. The van der Waals surface area contributed by atoms with Crippen LogP contribution in [0.1, 0.15) is 37.0 Å². The predicted octanol–water partition coefficient (Wildman–Crippen LogP) is 1.31. The van der Waals surface area contributed by atoms with Crippen LogP contribution >= 0.6 is 0 Å². The van der Waals surface area contributed by atoms with Crippen molar-refractivity contribution in [2.24, 2.45) is 0 Å². The van der Waals surface area contributed by atoms with Crippen LogP contribution in [0.4, 0.5) is 5.69 Å². The number of anilines is 1. The van der Waals surface area contributed by atoms with Crippen LogP contribution in [0.3, 0.4) is 0 Å². The number of rotatable bonds is 4. The van der Waals surface area contributed by atoms with Crippen molar-refractivity contribution in [1.82, 2.24) is 5.32 Å². The molecule has 1 aliphatic rings. The molecule has 1 aliphatic heterocycles. The summed E-state index contributed by atoms with van der Waals surface area (Å²) >= 11 is 0. The van der Waals surface area contributed by atoms with E-state index in [9.17, 15) is 14.7 Å². The molecule has 108 valence electrons. The van der Waals surface area contributed by atoms with Crippen LogP contribution in [-0.4, -0.2) is 35.6 Å². The Kier molecular flexibility index (Phi) is 4.09. The summed E-state index contributed by atoms with van der Waals surface area (Å²) in [6.45, 7) is 4.14. The molecule has 0 unspecified atom stereocenters. The highest BCUT2D eigenvalue weighted by Crippen LogP contribution is 2.22. The SMILES string of the molecule is CC(C)(O)CNC(=O)c1cccc(N2CCCC2=O)c1. The van der Waals surface area contributed by atoms with Gasteiger partial charge in [0.15, 0.2) is 0 Å². The highest BCUT2D eigenvalue weighted by atomic mass is 16.3. The number of nitrogens with one attached hydrogen (secondary N) is 1. The lowest BCUT2D eigenvalue weighted by Gasteiger charge is -2.19. The average molecular weight is 276 g/mol. The van der Waals surface area contributed by atoms with Gasteiger partial charge in [0.05, 0.1) is 5.60 Å². The van der Waals surface area contributed by atoms with Gasteiger partial charge < -0.3 is 15.3 Å². The topological polar surface area (TPSA) is 69.6 Å². The first-order chi connectivity index (χ1) is 9.37. The zero-order valence-electron chi connectivity index (χ0n) is 11.8. The van der Waals surface area contributed by atoms with Crippen molar-refractivity contribution >= 4 is 17.5 Å². The minimum atomic E-state index is -0.946. The van der Waals surface area contributed by atoms with Crippen LogP contribution in [0.5, 0.6) is 0 Å². The van der Waals surface area contributed by atoms with Crippen LogP contribution in [0.2, 0.25) is 0 Å². The van der Waals surface area contributed by atoms with E-state index >= 15 is 0 Å². The van der Waals surface area contributed by atoms with E-state index in [1.165, 1.54) is 0 Å². The second-order valence-corrected chi connectivity index (χ2v) is 5.69. The van der Waals surface area contributed by atoms with E-state index in [4.69, 9.17) is 0 Å². The fourth-order valence-corrected chi connectivity index (χ4v) is 2.13. The van der Waals surface area contributed by atoms with Crippen LogP contribution in [0, 0.1) is 0 Å². The quantitative estimate of drug-likeness (QED) is 0.871. The molecule has 1 aromatic rings. The van der Waals surface area contributed by atoms with Crippen molar-refractivity contribution in [2.45, 2.75) is 32.3 Å². The van der Waals surface area contributed by atoms with Gasteiger partial charge in [-0.3, -0.25) is 9.59 Å². The molecule has 0 radical (unpaired) electrons. The van der Waals surface area contributed by atoms with E-state index in [0.717, 1.165) is 12.1 Å². The van der Waals surface area contributed by atoms with Gasteiger partial charge in [-0.2, -0.15) is 0 Å². The Morgan fingerprint density at radius 2 is 2.20 bits per heavy atom. The zero-order valence-corrected chi connectivity index (χ0v) is 11.8.